The summed E-state index contributed by atoms with van der Waals surface area (Å²) in [6.45, 7) is 1.94. The van der Waals surface area contributed by atoms with Gasteiger partial charge in [0.05, 0.1) is 6.61 Å². The van der Waals surface area contributed by atoms with Crippen molar-refractivity contribution in [3.63, 3.8) is 0 Å². The molecule has 2 aliphatic heterocycles. The maximum Gasteiger partial charge on any atom is 0.277 e. The third kappa shape index (κ3) is 2.86. The van der Waals surface area contributed by atoms with Gasteiger partial charge < -0.3 is 14.7 Å². The topological polar surface area (TPSA) is 75.0 Å². The van der Waals surface area contributed by atoms with Crippen LogP contribution in [-0.2, 0) is 0 Å². The maximum absolute atomic E-state index is 14.4. The first-order chi connectivity index (χ1) is 15.4. The van der Waals surface area contributed by atoms with E-state index in [4.69, 9.17) is 4.74 Å². The highest BCUT2D eigenvalue weighted by Gasteiger charge is 2.43. The number of benzene rings is 2. The summed E-state index contributed by atoms with van der Waals surface area (Å²) in [4.78, 5) is 26.8. The van der Waals surface area contributed by atoms with Crippen LogP contribution in [0.3, 0.4) is 0 Å². The smallest absolute Gasteiger partial charge is 0.277 e. The van der Waals surface area contributed by atoms with Gasteiger partial charge >= 0.3 is 0 Å². The van der Waals surface area contributed by atoms with Crippen molar-refractivity contribution in [1.82, 2.24) is 9.58 Å². The Morgan fingerprint density at radius 2 is 1.84 bits per heavy atom. The normalized spacial score (nSPS) is 19.9. The first-order valence-corrected chi connectivity index (χ1v) is 10.4. The van der Waals surface area contributed by atoms with Gasteiger partial charge in [0.15, 0.2) is 11.4 Å². The van der Waals surface area contributed by atoms with E-state index in [9.17, 15) is 19.1 Å². The average Bonchev–Trinajstić information content (AvgIpc) is 2.78. The number of pyridine rings is 1. The summed E-state index contributed by atoms with van der Waals surface area (Å²) in [6.07, 6.45) is 1.51. The predicted molar refractivity (Wildman–Crippen MR) is 116 cm³/mol. The minimum absolute atomic E-state index is 0.0981. The van der Waals surface area contributed by atoms with Gasteiger partial charge in [-0.15, -0.1) is 0 Å². The number of rotatable bonds is 1. The van der Waals surface area contributed by atoms with E-state index >= 15 is 0 Å². The first kappa shape index (κ1) is 20.1. The predicted octanol–water partition coefficient (Wildman–Crippen LogP) is 2.92. The molecule has 0 saturated carbocycles. The number of nitrogens with zero attached hydrogens (tertiary/aromatic N) is 3. The highest BCUT2D eigenvalue weighted by Crippen LogP contribution is 2.42. The molecule has 0 spiro atoms. The number of carbonyl (C=O) groups excluding carboxylic acids is 1. The van der Waals surface area contributed by atoms with E-state index in [1.807, 2.05) is 35.3 Å². The minimum Gasteiger partial charge on any atom is -0.502 e. The van der Waals surface area contributed by atoms with Crippen molar-refractivity contribution in [1.29, 1.82) is 0 Å². The molecule has 0 unspecified atom stereocenters. The Balaban J connectivity index is 1.85. The molecule has 1 amide bonds. The Morgan fingerprint density at radius 3 is 2.59 bits per heavy atom. The second-order valence-electron chi connectivity index (χ2n) is 8.04. The maximum atomic E-state index is 14.4. The molecule has 32 heavy (non-hydrogen) atoms. The Hall–Kier alpha value is -3.81. The summed E-state index contributed by atoms with van der Waals surface area (Å²) in [5, 5.41) is 12.4. The third-order valence-electron chi connectivity index (χ3n) is 6.25. The number of ether oxygens (including phenoxy) is 1. The van der Waals surface area contributed by atoms with Crippen LogP contribution >= 0.6 is 0 Å². The highest BCUT2D eigenvalue weighted by atomic mass is 19.1. The van der Waals surface area contributed by atoms with Crippen LogP contribution in [0.25, 0.3) is 0 Å². The Bertz CT molecular complexity index is 1270. The van der Waals surface area contributed by atoms with Gasteiger partial charge in [0.2, 0.25) is 5.43 Å². The molecule has 2 aromatic carbocycles. The van der Waals surface area contributed by atoms with Crippen LogP contribution in [0.5, 0.6) is 11.5 Å². The van der Waals surface area contributed by atoms with Crippen molar-refractivity contribution in [2.45, 2.75) is 25.6 Å². The molecule has 0 saturated heterocycles. The second kappa shape index (κ2) is 7.40. The molecule has 8 heteroatoms. The number of hydrogen-bond donors (Lipinski definition) is 1. The molecular formula is C24H22FN3O4. The fourth-order valence-electron chi connectivity index (χ4n) is 4.63. The minimum atomic E-state index is -0.624. The number of fused-ring (bicyclic) bond motifs is 4. The Morgan fingerprint density at radius 1 is 1.09 bits per heavy atom. The van der Waals surface area contributed by atoms with Crippen molar-refractivity contribution >= 4 is 5.91 Å². The van der Waals surface area contributed by atoms with Crippen molar-refractivity contribution in [2.75, 3.05) is 18.7 Å². The zero-order valence-corrected chi connectivity index (χ0v) is 17.7. The van der Waals surface area contributed by atoms with Crippen LogP contribution < -0.4 is 15.2 Å². The molecule has 7 nitrogen and oxygen atoms in total. The van der Waals surface area contributed by atoms with Gasteiger partial charge in [-0.05, 0) is 24.6 Å². The van der Waals surface area contributed by atoms with E-state index in [0.29, 0.717) is 17.7 Å². The number of aromatic hydroxyl groups is 1. The number of aromatic nitrogens is 1. The van der Waals surface area contributed by atoms with Gasteiger partial charge in [0.1, 0.15) is 23.8 Å². The SMILES string of the molecule is Cc1c(F)ccc2c1OCC[C@H]1N(C)C(=O)c3c(O)c(=O)ccn3N1[C@@H]2c1ccccc1. The number of amides is 1. The zero-order chi connectivity index (χ0) is 22.6. The van der Waals surface area contributed by atoms with Crippen molar-refractivity contribution in [3.05, 3.63) is 93.2 Å². The first-order valence-electron chi connectivity index (χ1n) is 10.4. The van der Waals surface area contributed by atoms with Gasteiger partial charge in [-0.2, -0.15) is 0 Å². The molecule has 0 radical (unpaired) electrons. The van der Waals surface area contributed by atoms with E-state index in [1.165, 1.54) is 23.2 Å². The van der Waals surface area contributed by atoms with Crippen molar-refractivity contribution in [2.24, 2.45) is 0 Å². The largest absolute Gasteiger partial charge is 0.502 e. The van der Waals surface area contributed by atoms with Crippen LogP contribution in [0.15, 0.2) is 59.5 Å². The Labute approximate surface area is 183 Å². The van der Waals surface area contributed by atoms with E-state index < -0.39 is 29.3 Å². The van der Waals surface area contributed by atoms with Gasteiger partial charge in [-0.3, -0.25) is 19.3 Å². The summed E-state index contributed by atoms with van der Waals surface area (Å²) >= 11 is 0. The number of halogens is 1. The molecule has 2 atom stereocenters. The second-order valence-corrected chi connectivity index (χ2v) is 8.04. The van der Waals surface area contributed by atoms with E-state index in [0.717, 1.165) is 11.1 Å². The molecule has 0 aliphatic carbocycles. The van der Waals surface area contributed by atoms with Crippen molar-refractivity contribution < 1.29 is 19.0 Å². The molecule has 5 rings (SSSR count). The average molecular weight is 435 g/mol. The molecule has 2 aliphatic rings. The lowest BCUT2D eigenvalue weighted by Gasteiger charge is -2.50. The standard InChI is InChI=1S/C24H22FN3O4/c1-14-17(25)9-8-16-20(15-6-4-3-5-7-15)28-19(11-13-32-23(14)16)26(2)24(31)21-22(30)18(29)10-12-27(21)28/h3-10,12,19-20,30H,11,13H2,1-2H3/t19-,20+/m0/s1. The molecule has 1 N–H and O–H groups in total. The van der Waals surface area contributed by atoms with Gasteiger partial charge in [0, 0.05) is 36.9 Å². The van der Waals surface area contributed by atoms with Crippen LogP contribution in [0.2, 0.25) is 0 Å². The molecule has 1 aromatic heterocycles. The van der Waals surface area contributed by atoms with Gasteiger partial charge in [0.25, 0.3) is 5.91 Å². The summed E-state index contributed by atoms with van der Waals surface area (Å²) in [7, 11) is 1.64. The molecular weight excluding hydrogens is 413 g/mol. The van der Waals surface area contributed by atoms with Crippen LogP contribution in [0, 0.1) is 12.7 Å². The fourth-order valence-corrected chi connectivity index (χ4v) is 4.63. The quantitative estimate of drug-likeness (QED) is 0.636. The highest BCUT2D eigenvalue weighted by molar-refractivity contribution is 5.96. The van der Waals surface area contributed by atoms with Crippen molar-refractivity contribution in [3.8, 4) is 11.5 Å². The van der Waals surface area contributed by atoms with E-state index in [2.05, 4.69) is 0 Å². The van der Waals surface area contributed by atoms with Crippen LogP contribution in [-0.4, -0.2) is 40.4 Å². The molecule has 164 valence electrons. The lowest BCUT2D eigenvalue weighted by molar-refractivity contribution is 0.0573. The van der Waals surface area contributed by atoms with Crippen LogP contribution in [0.4, 0.5) is 4.39 Å². The lowest BCUT2D eigenvalue weighted by atomic mass is 9.93. The molecule has 3 heterocycles. The van der Waals surface area contributed by atoms with Gasteiger partial charge in [-0.1, -0.05) is 30.3 Å². The summed E-state index contributed by atoms with van der Waals surface area (Å²) < 4.78 is 22.0. The lowest BCUT2D eigenvalue weighted by Crippen LogP contribution is -2.62. The summed E-state index contributed by atoms with van der Waals surface area (Å²) in [6, 6.07) is 13.5. The molecule has 3 aromatic rings. The zero-order valence-electron chi connectivity index (χ0n) is 17.7. The number of hydrogen-bond acceptors (Lipinski definition) is 5. The third-order valence-corrected chi connectivity index (χ3v) is 6.25. The molecule has 0 bridgehead atoms. The molecule has 0 fully saturated rings. The Kier molecular flexibility index (Phi) is 4.65. The summed E-state index contributed by atoms with van der Waals surface area (Å²) in [5.41, 5.74) is 1.31. The monoisotopic (exact) mass is 435 g/mol. The van der Waals surface area contributed by atoms with Crippen LogP contribution in [0.1, 0.15) is 39.6 Å². The summed E-state index contributed by atoms with van der Waals surface area (Å²) in [5.74, 6) is -0.947. The fraction of sp³-hybridized carbons (Fsp3) is 0.250. The van der Waals surface area contributed by atoms with Gasteiger partial charge in [-0.25, -0.2) is 4.39 Å². The number of carbonyl (C=O) groups is 1. The van der Waals surface area contributed by atoms with E-state index in [1.54, 1.807) is 24.7 Å². The van der Waals surface area contributed by atoms with E-state index in [-0.39, 0.29) is 18.1 Å².